The van der Waals surface area contributed by atoms with Gasteiger partial charge in [0.2, 0.25) is 15.9 Å². The van der Waals surface area contributed by atoms with Gasteiger partial charge in [-0.2, -0.15) is 0 Å². The van der Waals surface area contributed by atoms with Crippen LogP contribution < -0.4 is 9.62 Å². The molecule has 1 aliphatic rings. The molecule has 2 amide bonds. The maximum atomic E-state index is 12.4. The molecule has 2 aromatic rings. The molecule has 0 spiro atoms. The molecular weight excluding hydrogens is 376 g/mol. The minimum atomic E-state index is -3.72. The Morgan fingerprint density at radius 2 is 1.85 bits per heavy atom. The molecule has 136 valence electrons. The molecule has 3 rings (SSSR count). The normalized spacial score (nSPS) is 18.8. The highest BCUT2D eigenvalue weighted by Crippen LogP contribution is 2.31. The average molecular weight is 393 g/mol. The zero-order valence-electron chi connectivity index (χ0n) is 14.2. The van der Waals surface area contributed by atoms with Crippen LogP contribution in [0, 0.1) is 12.8 Å². The van der Waals surface area contributed by atoms with Gasteiger partial charge in [0, 0.05) is 5.69 Å². The number of benzene rings is 2. The number of carbonyl (C=O) groups excluding carboxylic acids is 2. The van der Waals surface area contributed by atoms with Crippen molar-refractivity contribution in [2.24, 2.45) is 5.92 Å². The van der Waals surface area contributed by atoms with E-state index in [1.165, 1.54) is 18.2 Å². The van der Waals surface area contributed by atoms with Crippen molar-refractivity contribution in [1.29, 1.82) is 0 Å². The summed E-state index contributed by atoms with van der Waals surface area (Å²) < 4.78 is 25.1. The molecule has 8 heteroatoms. The molecule has 26 heavy (non-hydrogen) atoms. The molecule has 1 atom stereocenters. The number of halogens is 1. The number of rotatable bonds is 3. The lowest BCUT2D eigenvalue weighted by atomic mass is 10.1. The summed E-state index contributed by atoms with van der Waals surface area (Å²) >= 11 is 6.18. The first-order chi connectivity index (χ1) is 12.2. The third-order valence-corrected chi connectivity index (χ3v) is 6.28. The van der Waals surface area contributed by atoms with Crippen molar-refractivity contribution in [1.82, 2.24) is 0 Å². The Balaban J connectivity index is 1.87. The Hall–Kier alpha value is -2.38. The van der Waals surface area contributed by atoms with E-state index in [4.69, 9.17) is 11.6 Å². The second kappa shape index (κ2) is 6.74. The van der Waals surface area contributed by atoms with Gasteiger partial charge in [-0.3, -0.25) is 9.59 Å². The predicted octanol–water partition coefficient (Wildman–Crippen LogP) is 3.21. The predicted molar refractivity (Wildman–Crippen MR) is 101 cm³/mol. The van der Waals surface area contributed by atoms with E-state index in [9.17, 15) is 18.0 Å². The lowest BCUT2D eigenvalue weighted by molar-refractivity contribution is -0.119. The molecule has 2 aromatic carbocycles. The molecule has 1 fully saturated rings. The first kappa shape index (κ1) is 18.4. The summed E-state index contributed by atoms with van der Waals surface area (Å²) in [6, 6.07) is 11.4. The number of anilines is 2. The largest absolute Gasteiger partial charge is 0.322 e. The van der Waals surface area contributed by atoms with Crippen molar-refractivity contribution >= 4 is 44.8 Å². The molecule has 1 aliphatic heterocycles. The van der Waals surface area contributed by atoms with Crippen LogP contribution in [0.5, 0.6) is 0 Å². The van der Waals surface area contributed by atoms with Crippen LogP contribution >= 0.6 is 11.6 Å². The van der Waals surface area contributed by atoms with Crippen LogP contribution in [0.15, 0.2) is 42.5 Å². The Kier molecular flexibility index (Phi) is 4.77. The van der Waals surface area contributed by atoms with E-state index in [0.29, 0.717) is 5.69 Å². The van der Waals surface area contributed by atoms with Crippen molar-refractivity contribution in [2.75, 3.05) is 15.4 Å². The fraction of sp³-hybridized carbons (Fsp3) is 0.222. The van der Waals surface area contributed by atoms with Gasteiger partial charge in [-0.1, -0.05) is 36.2 Å². The lowest BCUT2D eigenvalue weighted by Crippen LogP contribution is -2.30. The molecule has 0 radical (unpaired) electrons. The van der Waals surface area contributed by atoms with Gasteiger partial charge in [0.15, 0.2) is 0 Å². The minimum absolute atomic E-state index is 0.0645. The molecule has 0 aromatic heterocycles. The van der Waals surface area contributed by atoms with Crippen LogP contribution in [0.25, 0.3) is 0 Å². The zero-order valence-corrected chi connectivity index (χ0v) is 15.8. The Bertz CT molecular complexity index is 987. The molecule has 1 N–H and O–H groups in total. The van der Waals surface area contributed by atoms with E-state index >= 15 is 0 Å². The maximum Gasteiger partial charge on any atom is 0.257 e. The Labute approximate surface area is 156 Å². The quantitative estimate of drug-likeness (QED) is 0.869. The summed E-state index contributed by atoms with van der Waals surface area (Å²) in [5, 5.41) is 2.79. The molecule has 0 bridgehead atoms. The highest BCUT2D eigenvalue weighted by molar-refractivity contribution is 7.94. The van der Waals surface area contributed by atoms with Crippen molar-refractivity contribution in [3.8, 4) is 0 Å². The van der Waals surface area contributed by atoms with E-state index in [1.807, 2.05) is 19.1 Å². The molecule has 1 saturated heterocycles. The van der Waals surface area contributed by atoms with Crippen LogP contribution in [0.1, 0.15) is 22.8 Å². The third-order valence-electron chi connectivity index (χ3n) is 4.10. The number of nitrogens with zero attached hydrogens (tertiary/aromatic N) is 1. The summed E-state index contributed by atoms with van der Waals surface area (Å²) in [6.07, 6.45) is 0. The molecule has 0 unspecified atom stereocenters. The fourth-order valence-corrected chi connectivity index (χ4v) is 4.81. The van der Waals surface area contributed by atoms with Gasteiger partial charge in [-0.05, 0) is 37.3 Å². The summed E-state index contributed by atoms with van der Waals surface area (Å²) in [6.45, 7) is 3.50. The number of hydrogen-bond donors (Lipinski definition) is 1. The SMILES string of the molecule is Cc1ccc(NC(=O)c2ccc(N3C(=O)[C@H](C)CS3(=O)=O)cc2Cl)cc1. The van der Waals surface area contributed by atoms with Crippen LogP contribution in [0.3, 0.4) is 0 Å². The summed E-state index contributed by atoms with van der Waals surface area (Å²) in [5.74, 6) is -1.77. The summed E-state index contributed by atoms with van der Waals surface area (Å²) in [4.78, 5) is 24.5. The lowest BCUT2D eigenvalue weighted by Gasteiger charge is -2.16. The van der Waals surface area contributed by atoms with Crippen LogP contribution in [0.2, 0.25) is 5.02 Å². The smallest absolute Gasteiger partial charge is 0.257 e. The first-order valence-electron chi connectivity index (χ1n) is 7.93. The standard InChI is InChI=1S/C18H17ClN2O4S/c1-11-3-5-13(6-4-11)20-17(22)15-8-7-14(9-16(15)19)21-18(23)12(2)10-26(21,24)25/h3-9,12H,10H2,1-2H3,(H,20,22)/t12-/m1/s1. The third kappa shape index (κ3) is 3.45. The number of carbonyl (C=O) groups is 2. The summed E-state index contributed by atoms with van der Waals surface area (Å²) in [7, 11) is -3.72. The number of sulfonamides is 1. The van der Waals surface area contributed by atoms with E-state index in [2.05, 4.69) is 5.32 Å². The van der Waals surface area contributed by atoms with Crippen LogP contribution in [-0.2, 0) is 14.8 Å². The van der Waals surface area contributed by atoms with E-state index in [1.54, 1.807) is 19.1 Å². The van der Waals surface area contributed by atoms with Crippen molar-refractivity contribution in [3.63, 3.8) is 0 Å². The average Bonchev–Trinajstić information content (AvgIpc) is 2.77. The second-order valence-corrected chi connectivity index (χ2v) is 8.54. The topological polar surface area (TPSA) is 83.6 Å². The fourth-order valence-electron chi connectivity index (χ4n) is 2.74. The van der Waals surface area contributed by atoms with Gasteiger partial charge in [0.25, 0.3) is 5.91 Å². The van der Waals surface area contributed by atoms with E-state index in [-0.39, 0.29) is 22.0 Å². The van der Waals surface area contributed by atoms with Crippen LogP contribution in [0.4, 0.5) is 11.4 Å². The van der Waals surface area contributed by atoms with E-state index in [0.717, 1.165) is 9.87 Å². The second-order valence-electron chi connectivity index (χ2n) is 6.27. The zero-order chi connectivity index (χ0) is 19.1. The Morgan fingerprint density at radius 3 is 2.38 bits per heavy atom. The van der Waals surface area contributed by atoms with Gasteiger partial charge in [0.1, 0.15) is 0 Å². The minimum Gasteiger partial charge on any atom is -0.322 e. The number of nitrogens with one attached hydrogen (secondary N) is 1. The van der Waals surface area contributed by atoms with E-state index < -0.39 is 27.8 Å². The molecule has 1 heterocycles. The van der Waals surface area contributed by atoms with Gasteiger partial charge >= 0.3 is 0 Å². The Morgan fingerprint density at radius 1 is 1.19 bits per heavy atom. The first-order valence-corrected chi connectivity index (χ1v) is 9.92. The number of aryl methyl sites for hydroxylation is 1. The molecule has 0 aliphatic carbocycles. The maximum absolute atomic E-state index is 12.4. The monoisotopic (exact) mass is 392 g/mol. The molecular formula is C18H17ClN2O4S. The van der Waals surface area contributed by atoms with Gasteiger partial charge in [-0.15, -0.1) is 0 Å². The highest BCUT2D eigenvalue weighted by atomic mass is 35.5. The number of hydrogen-bond acceptors (Lipinski definition) is 4. The van der Waals surface area contributed by atoms with Crippen molar-refractivity contribution in [3.05, 3.63) is 58.6 Å². The van der Waals surface area contributed by atoms with Gasteiger partial charge in [-0.25, -0.2) is 12.7 Å². The number of amides is 2. The van der Waals surface area contributed by atoms with Crippen molar-refractivity contribution < 1.29 is 18.0 Å². The highest BCUT2D eigenvalue weighted by Gasteiger charge is 2.42. The summed E-state index contributed by atoms with van der Waals surface area (Å²) in [5.41, 5.74) is 2.01. The molecule has 6 nitrogen and oxygen atoms in total. The van der Waals surface area contributed by atoms with Crippen molar-refractivity contribution in [2.45, 2.75) is 13.8 Å². The molecule has 0 saturated carbocycles. The van der Waals surface area contributed by atoms with Crippen LogP contribution in [-0.4, -0.2) is 26.0 Å². The van der Waals surface area contributed by atoms with Gasteiger partial charge < -0.3 is 5.32 Å². The van der Waals surface area contributed by atoms with Gasteiger partial charge in [0.05, 0.1) is 27.9 Å².